The van der Waals surface area contributed by atoms with Gasteiger partial charge in [0, 0.05) is 22.8 Å². The molecule has 7 heteroatoms. The highest BCUT2D eigenvalue weighted by Crippen LogP contribution is 2.37. The first kappa shape index (κ1) is 18.2. The summed E-state index contributed by atoms with van der Waals surface area (Å²) >= 11 is 2.72. The number of thiophene rings is 1. The predicted octanol–water partition coefficient (Wildman–Crippen LogP) is 3.71. The van der Waals surface area contributed by atoms with Crippen LogP contribution in [0.3, 0.4) is 0 Å². The third-order valence-corrected chi connectivity index (χ3v) is 6.01. The van der Waals surface area contributed by atoms with Gasteiger partial charge in [-0.1, -0.05) is 17.8 Å². The van der Waals surface area contributed by atoms with Crippen molar-refractivity contribution in [3.8, 4) is 11.8 Å². The van der Waals surface area contributed by atoms with Crippen molar-refractivity contribution in [3.05, 3.63) is 62.8 Å². The first-order valence-electron chi connectivity index (χ1n) is 7.90. The lowest BCUT2D eigenvalue weighted by atomic mass is 9.93. The van der Waals surface area contributed by atoms with Crippen molar-refractivity contribution in [1.82, 2.24) is 5.32 Å². The average molecular weight is 384 g/mol. The zero-order valence-corrected chi connectivity index (χ0v) is 15.7. The maximum Gasteiger partial charge on any atom is 0.225 e. The summed E-state index contributed by atoms with van der Waals surface area (Å²) in [5, 5.41) is 14.7. The van der Waals surface area contributed by atoms with Crippen molar-refractivity contribution in [2.24, 2.45) is 0 Å². The number of allylic oxidation sites excluding steroid dienone is 1. The van der Waals surface area contributed by atoms with Gasteiger partial charge in [0.05, 0.1) is 29.5 Å². The molecule has 0 spiro atoms. The molecule has 0 saturated heterocycles. The molecule has 0 saturated carbocycles. The standard InChI is InChI=1S/C19H16N2O3S2/c1-24-13-6-4-12(5-7-13)16(22)11-26-19-15(10-20)14(9-18(23)21-19)17-3-2-8-25-17/h2-8,14H,9,11H2,1H3,(H,21,23). The van der Waals surface area contributed by atoms with Crippen LogP contribution in [-0.4, -0.2) is 24.6 Å². The van der Waals surface area contributed by atoms with E-state index in [1.165, 1.54) is 23.1 Å². The summed E-state index contributed by atoms with van der Waals surface area (Å²) in [6, 6.07) is 12.9. The Labute approximate surface area is 159 Å². The third-order valence-electron chi connectivity index (χ3n) is 4.00. The minimum atomic E-state index is -0.243. The molecule has 1 aliphatic rings. The van der Waals surface area contributed by atoms with Gasteiger partial charge < -0.3 is 10.1 Å². The quantitative estimate of drug-likeness (QED) is 0.768. The minimum absolute atomic E-state index is 0.0741. The van der Waals surface area contributed by atoms with E-state index >= 15 is 0 Å². The molecule has 1 aliphatic heterocycles. The molecule has 5 nitrogen and oxygen atoms in total. The second-order valence-electron chi connectivity index (χ2n) is 5.62. The number of Topliss-reactive ketones (excluding diaryl/α,β-unsaturated/α-hetero) is 1. The summed E-state index contributed by atoms with van der Waals surface area (Å²) in [4.78, 5) is 25.4. The number of rotatable bonds is 6. The van der Waals surface area contributed by atoms with Gasteiger partial charge in [-0.15, -0.1) is 11.3 Å². The molecule has 26 heavy (non-hydrogen) atoms. The van der Waals surface area contributed by atoms with Crippen molar-refractivity contribution in [2.45, 2.75) is 12.3 Å². The maximum atomic E-state index is 12.4. The van der Waals surface area contributed by atoms with Gasteiger partial charge in [-0.3, -0.25) is 9.59 Å². The average Bonchev–Trinajstić information content (AvgIpc) is 3.20. The lowest BCUT2D eigenvalue weighted by Gasteiger charge is -2.23. The number of benzene rings is 1. The first-order chi connectivity index (χ1) is 12.6. The van der Waals surface area contributed by atoms with Crippen molar-refractivity contribution < 1.29 is 14.3 Å². The molecule has 0 aliphatic carbocycles. The van der Waals surface area contributed by atoms with E-state index in [0.29, 0.717) is 21.9 Å². The molecule has 1 atom stereocenters. The number of nitriles is 1. The van der Waals surface area contributed by atoms with E-state index in [2.05, 4.69) is 11.4 Å². The number of nitrogens with one attached hydrogen (secondary N) is 1. The Morgan fingerprint density at radius 1 is 1.38 bits per heavy atom. The molecule has 2 heterocycles. The van der Waals surface area contributed by atoms with Gasteiger partial charge in [-0.2, -0.15) is 5.26 Å². The van der Waals surface area contributed by atoms with Crippen LogP contribution in [0.2, 0.25) is 0 Å². The van der Waals surface area contributed by atoms with Gasteiger partial charge in [-0.25, -0.2) is 0 Å². The van der Waals surface area contributed by atoms with Crippen LogP contribution >= 0.6 is 23.1 Å². The number of carbonyl (C=O) groups is 2. The van der Waals surface area contributed by atoms with Crippen LogP contribution in [0.1, 0.15) is 27.6 Å². The van der Waals surface area contributed by atoms with Gasteiger partial charge in [0.2, 0.25) is 5.91 Å². The summed E-state index contributed by atoms with van der Waals surface area (Å²) < 4.78 is 5.09. The van der Waals surface area contributed by atoms with Gasteiger partial charge >= 0.3 is 0 Å². The van der Waals surface area contributed by atoms with Crippen LogP contribution in [0.15, 0.2) is 52.4 Å². The summed E-state index contributed by atoms with van der Waals surface area (Å²) in [6.07, 6.45) is 0.250. The third kappa shape index (κ3) is 3.98. The molecule has 0 radical (unpaired) electrons. The molecule has 0 fully saturated rings. The number of thioether (sulfide) groups is 1. The lowest BCUT2D eigenvalue weighted by Crippen LogP contribution is -2.31. The number of hydrogen-bond acceptors (Lipinski definition) is 6. The Balaban J connectivity index is 1.76. The fraction of sp³-hybridized carbons (Fsp3) is 0.211. The highest BCUT2D eigenvalue weighted by molar-refractivity contribution is 8.03. The van der Waals surface area contributed by atoms with E-state index < -0.39 is 0 Å². The number of nitrogens with zero attached hydrogens (tertiary/aromatic N) is 1. The fourth-order valence-electron chi connectivity index (χ4n) is 2.66. The van der Waals surface area contributed by atoms with Gasteiger partial charge in [0.25, 0.3) is 0 Å². The maximum absolute atomic E-state index is 12.4. The van der Waals surface area contributed by atoms with Gasteiger partial charge in [0.15, 0.2) is 5.78 Å². The van der Waals surface area contributed by atoms with E-state index in [0.717, 1.165) is 4.88 Å². The van der Waals surface area contributed by atoms with E-state index in [4.69, 9.17) is 4.74 Å². The summed E-state index contributed by atoms with van der Waals surface area (Å²) in [7, 11) is 1.57. The van der Waals surface area contributed by atoms with Gasteiger partial charge in [0.1, 0.15) is 5.75 Å². The van der Waals surface area contributed by atoms with Crippen molar-refractivity contribution in [2.75, 3.05) is 12.9 Å². The molecule has 2 aromatic rings. The van der Waals surface area contributed by atoms with Crippen molar-refractivity contribution >= 4 is 34.8 Å². The number of ketones is 1. The molecule has 3 rings (SSSR count). The smallest absolute Gasteiger partial charge is 0.225 e. The molecular formula is C19H16N2O3S2. The number of methoxy groups -OCH3 is 1. The zero-order chi connectivity index (χ0) is 18.5. The normalized spacial score (nSPS) is 16.8. The molecule has 132 valence electrons. The largest absolute Gasteiger partial charge is 0.497 e. The van der Waals surface area contributed by atoms with Crippen molar-refractivity contribution in [1.29, 1.82) is 5.26 Å². The van der Waals surface area contributed by atoms with Crippen LogP contribution in [0.4, 0.5) is 0 Å². The Hall–Kier alpha value is -2.56. The number of amides is 1. The monoisotopic (exact) mass is 384 g/mol. The number of hydrogen-bond donors (Lipinski definition) is 1. The summed E-state index contributed by atoms with van der Waals surface area (Å²) in [5.41, 5.74) is 1.08. The minimum Gasteiger partial charge on any atom is -0.497 e. The Bertz CT molecular complexity index is 881. The molecule has 1 unspecified atom stereocenters. The number of carbonyl (C=O) groups excluding carboxylic acids is 2. The van der Waals surface area contributed by atoms with Crippen LogP contribution in [0.5, 0.6) is 5.75 Å². The topological polar surface area (TPSA) is 79.2 Å². The summed E-state index contributed by atoms with van der Waals surface area (Å²) in [5.74, 6) is 0.371. The fourth-order valence-corrected chi connectivity index (χ4v) is 4.47. The highest BCUT2D eigenvalue weighted by atomic mass is 32.2. The molecular weight excluding hydrogens is 368 g/mol. The second kappa shape index (κ2) is 8.21. The molecule has 0 bridgehead atoms. The van der Waals surface area contributed by atoms with Crippen LogP contribution in [0.25, 0.3) is 0 Å². The van der Waals surface area contributed by atoms with E-state index in [-0.39, 0.29) is 29.8 Å². The predicted molar refractivity (Wildman–Crippen MR) is 102 cm³/mol. The highest BCUT2D eigenvalue weighted by Gasteiger charge is 2.30. The van der Waals surface area contributed by atoms with E-state index in [9.17, 15) is 14.9 Å². The van der Waals surface area contributed by atoms with Crippen LogP contribution in [0, 0.1) is 11.3 Å². The molecule has 1 N–H and O–H groups in total. The zero-order valence-electron chi connectivity index (χ0n) is 14.0. The molecule has 1 amide bonds. The van der Waals surface area contributed by atoms with E-state index in [1.807, 2.05) is 17.5 Å². The Morgan fingerprint density at radius 3 is 2.77 bits per heavy atom. The van der Waals surface area contributed by atoms with Crippen LogP contribution < -0.4 is 10.1 Å². The Kier molecular flexibility index (Phi) is 5.76. The Morgan fingerprint density at radius 2 is 2.15 bits per heavy atom. The molecule has 1 aromatic carbocycles. The van der Waals surface area contributed by atoms with Gasteiger partial charge in [-0.05, 0) is 35.7 Å². The second-order valence-corrected chi connectivity index (χ2v) is 7.58. The SMILES string of the molecule is COc1ccc(C(=O)CSC2=C(C#N)C(c3cccs3)CC(=O)N2)cc1. The lowest BCUT2D eigenvalue weighted by molar-refractivity contribution is -0.120. The summed E-state index contributed by atoms with van der Waals surface area (Å²) in [6.45, 7) is 0. The van der Waals surface area contributed by atoms with E-state index in [1.54, 1.807) is 31.4 Å². The first-order valence-corrected chi connectivity index (χ1v) is 9.76. The van der Waals surface area contributed by atoms with Crippen LogP contribution in [-0.2, 0) is 4.79 Å². The van der Waals surface area contributed by atoms with Crippen molar-refractivity contribution in [3.63, 3.8) is 0 Å². The molecule has 1 aromatic heterocycles. The number of ether oxygens (including phenoxy) is 1.